The number of aliphatic carboxylic acids is 1. The summed E-state index contributed by atoms with van der Waals surface area (Å²) in [6.07, 6.45) is -0.150. The summed E-state index contributed by atoms with van der Waals surface area (Å²) in [5, 5.41) is 18.3. The summed E-state index contributed by atoms with van der Waals surface area (Å²) in [6, 6.07) is -0.149. The van der Waals surface area contributed by atoms with Gasteiger partial charge in [0, 0.05) is 0 Å². The first-order valence-corrected chi connectivity index (χ1v) is 4.89. The summed E-state index contributed by atoms with van der Waals surface area (Å²) in [5.41, 5.74) is 0.811. The molecule has 82 valence electrons. The lowest BCUT2D eigenvalue weighted by Gasteiger charge is -2.44. The van der Waals surface area contributed by atoms with E-state index in [4.69, 9.17) is 5.11 Å². The van der Waals surface area contributed by atoms with E-state index >= 15 is 0 Å². The van der Waals surface area contributed by atoms with Crippen LogP contribution in [0.2, 0.25) is 0 Å². The van der Waals surface area contributed by atoms with Crippen LogP contribution in [0.15, 0.2) is 11.3 Å². The maximum absolute atomic E-state index is 11.6. The molecule has 1 fully saturated rings. The molecule has 0 aliphatic carbocycles. The highest BCUT2D eigenvalue weighted by atomic mass is 16.4. The van der Waals surface area contributed by atoms with Crippen molar-refractivity contribution in [2.45, 2.75) is 32.4 Å². The Labute approximate surface area is 87.0 Å². The summed E-state index contributed by atoms with van der Waals surface area (Å²) in [6.45, 7) is 3.28. The van der Waals surface area contributed by atoms with Gasteiger partial charge in [-0.05, 0) is 25.8 Å². The Bertz CT molecular complexity index is 372. The van der Waals surface area contributed by atoms with Crippen LogP contribution in [0.4, 0.5) is 0 Å². The first kappa shape index (κ1) is 10.2. The average Bonchev–Trinajstić information content (AvgIpc) is 2.38. The van der Waals surface area contributed by atoms with Gasteiger partial charge < -0.3 is 15.1 Å². The van der Waals surface area contributed by atoms with Gasteiger partial charge in [-0.2, -0.15) is 0 Å². The summed E-state index contributed by atoms with van der Waals surface area (Å²) in [7, 11) is 0. The van der Waals surface area contributed by atoms with Crippen LogP contribution in [0.5, 0.6) is 0 Å². The number of carboxylic acids is 1. The number of nitrogens with zero attached hydrogens (tertiary/aromatic N) is 1. The number of rotatable bonds is 2. The van der Waals surface area contributed by atoms with Crippen LogP contribution < -0.4 is 0 Å². The predicted molar refractivity (Wildman–Crippen MR) is 50.8 cm³/mol. The summed E-state index contributed by atoms with van der Waals surface area (Å²) >= 11 is 0. The zero-order valence-corrected chi connectivity index (χ0v) is 8.60. The van der Waals surface area contributed by atoms with Crippen molar-refractivity contribution in [2.24, 2.45) is 5.92 Å². The smallest absolute Gasteiger partial charge is 0.352 e. The molecule has 0 aromatic rings. The number of aliphatic hydroxyl groups is 1. The number of carboxylic acid groups (broad SMARTS) is 1. The highest BCUT2D eigenvalue weighted by molar-refractivity contribution is 5.99. The molecule has 2 aliphatic heterocycles. The molecule has 5 nitrogen and oxygen atoms in total. The number of amides is 1. The molecule has 5 heteroatoms. The highest BCUT2D eigenvalue weighted by Crippen LogP contribution is 2.43. The number of fused-ring (bicyclic) bond motifs is 1. The number of aliphatic hydroxyl groups excluding tert-OH is 1. The fourth-order valence-corrected chi connectivity index (χ4v) is 2.49. The summed E-state index contributed by atoms with van der Waals surface area (Å²) < 4.78 is 0. The fraction of sp³-hybridized carbons (Fsp3) is 0.600. The Morgan fingerprint density at radius 1 is 1.60 bits per heavy atom. The topological polar surface area (TPSA) is 77.8 Å². The molecule has 2 rings (SSSR count). The van der Waals surface area contributed by atoms with Crippen LogP contribution >= 0.6 is 0 Å². The van der Waals surface area contributed by atoms with E-state index in [2.05, 4.69) is 0 Å². The van der Waals surface area contributed by atoms with Gasteiger partial charge in [0.15, 0.2) is 0 Å². The molecule has 2 aliphatic rings. The molecule has 0 bridgehead atoms. The van der Waals surface area contributed by atoms with Crippen molar-refractivity contribution < 1.29 is 19.8 Å². The SMILES string of the molecule is CC1=C(C(=O)O)N2C(=O)[C@@H]([C@@H](C)O)[C@H]2C1. The van der Waals surface area contributed by atoms with Gasteiger partial charge in [-0.3, -0.25) is 4.79 Å². The Kier molecular flexibility index (Phi) is 2.08. The van der Waals surface area contributed by atoms with Crippen molar-refractivity contribution in [1.29, 1.82) is 0 Å². The van der Waals surface area contributed by atoms with Crippen LogP contribution in [0.1, 0.15) is 20.3 Å². The second kappa shape index (κ2) is 3.06. The zero-order chi connectivity index (χ0) is 11.3. The lowest BCUT2D eigenvalue weighted by molar-refractivity contribution is -0.161. The van der Waals surface area contributed by atoms with E-state index in [1.54, 1.807) is 13.8 Å². The van der Waals surface area contributed by atoms with Gasteiger partial charge in [-0.15, -0.1) is 0 Å². The Morgan fingerprint density at radius 3 is 2.67 bits per heavy atom. The van der Waals surface area contributed by atoms with Gasteiger partial charge in [0.25, 0.3) is 0 Å². The molecule has 0 aromatic carbocycles. The van der Waals surface area contributed by atoms with Gasteiger partial charge in [0.05, 0.1) is 18.1 Å². The lowest BCUT2D eigenvalue weighted by Crippen LogP contribution is -2.61. The Balaban J connectivity index is 2.27. The molecule has 1 saturated heterocycles. The monoisotopic (exact) mass is 211 g/mol. The Hall–Kier alpha value is -1.36. The molecule has 0 unspecified atom stereocenters. The van der Waals surface area contributed by atoms with E-state index in [1.165, 1.54) is 4.90 Å². The van der Waals surface area contributed by atoms with E-state index in [1.807, 2.05) is 0 Å². The molecule has 1 amide bonds. The lowest BCUT2D eigenvalue weighted by atomic mass is 9.83. The van der Waals surface area contributed by atoms with Crippen molar-refractivity contribution in [3.63, 3.8) is 0 Å². The van der Waals surface area contributed by atoms with Crippen LogP contribution in [0, 0.1) is 5.92 Å². The van der Waals surface area contributed by atoms with E-state index in [0.29, 0.717) is 12.0 Å². The summed E-state index contributed by atoms with van der Waals surface area (Å²) in [5.74, 6) is -1.77. The molecule has 0 radical (unpaired) electrons. The van der Waals surface area contributed by atoms with Crippen molar-refractivity contribution in [3.8, 4) is 0 Å². The largest absolute Gasteiger partial charge is 0.477 e. The van der Waals surface area contributed by atoms with Crippen LogP contribution in [0.25, 0.3) is 0 Å². The molecule has 0 aromatic heterocycles. The minimum atomic E-state index is -1.06. The molecule has 0 spiro atoms. The van der Waals surface area contributed by atoms with Gasteiger partial charge in [0.1, 0.15) is 5.70 Å². The minimum Gasteiger partial charge on any atom is -0.477 e. The third-order valence-corrected chi connectivity index (χ3v) is 3.15. The molecule has 0 saturated carbocycles. The third-order valence-electron chi connectivity index (χ3n) is 3.15. The van der Waals surface area contributed by atoms with Crippen molar-refractivity contribution in [3.05, 3.63) is 11.3 Å². The maximum Gasteiger partial charge on any atom is 0.352 e. The molecular weight excluding hydrogens is 198 g/mol. The number of carbonyl (C=O) groups is 2. The fourth-order valence-electron chi connectivity index (χ4n) is 2.49. The standard InChI is InChI=1S/C10H13NO4/c1-4-3-6-7(5(2)12)9(13)11(6)8(4)10(14)15/h5-7,12H,3H2,1-2H3,(H,14,15)/t5-,6-,7+/m1/s1. The number of carbonyl (C=O) groups excluding carboxylic acids is 1. The van der Waals surface area contributed by atoms with Gasteiger partial charge in [-0.25, -0.2) is 4.79 Å². The zero-order valence-electron chi connectivity index (χ0n) is 8.60. The summed E-state index contributed by atoms with van der Waals surface area (Å²) in [4.78, 5) is 23.8. The van der Waals surface area contributed by atoms with Crippen molar-refractivity contribution in [1.82, 2.24) is 4.90 Å². The quantitative estimate of drug-likeness (QED) is 0.628. The molecule has 3 atom stereocenters. The average molecular weight is 211 g/mol. The minimum absolute atomic E-state index is 0.0990. The second-order valence-electron chi connectivity index (χ2n) is 4.18. The molecule has 2 heterocycles. The highest BCUT2D eigenvalue weighted by Gasteiger charge is 2.55. The third kappa shape index (κ3) is 1.19. The normalized spacial score (nSPS) is 31.4. The molecule has 15 heavy (non-hydrogen) atoms. The van der Waals surface area contributed by atoms with E-state index in [9.17, 15) is 14.7 Å². The Morgan fingerprint density at radius 2 is 2.20 bits per heavy atom. The van der Waals surface area contributed by atoms with E-state index in [-0.39, 0.29) is 17.6 Å². The van der Waals surface area contributed by atoms with Gasteiger partial charge >= 0.3 is 5.97 Å². The predicted octanol–water partition coefficient (Wildman–Crippen LogP) is -0.0435. The van der Waals surface area contributed by atoms with Crippen LogP contribution in [-0.4, -0.2) is 39.1 Å². The number of β-lactam (4-membered cyclic amide) rings is 1. The van der Waals surface area contributed by atoms with Crippen LogP contribution in [0.3, 0.4) is 0 Å². The van der Waals surface area contributed by atoms with Gasteiger partial charge in [-0.1, -0.05) is 0 Å². The number of hydrogen-bond acceptors (Lipinski definition) is 3. The molecule has 2 N–H and O–H groups in total. The van der Waals surface area contributed by atoms with E-state index in [0.717, 1.165) is 0 Å². The first-order valence-electron chi connectivity index (χ1n) is 4.89. The van der Waals surface area contributed by atoms with Gasteiger partial charge in [0.2, 0.25) is 5.91 Å². The van der Waals surface area contributed by atoms with Crippen LogP contribution in [-0.2, 0) is 9.59 Å². The second-order valence-corrected chi connectivity index (χ2v) is 4.18. The first-order chi connectivity index (χ1) is 6.95. The van der Waals surface area contributed by atoms with Crippen molar-refractivity contribution >= 4 is 11.9 Å². The molecular formula is C10H13NO4. The number of hydrogen-bond donors (Lipinski definition) is 2. The van der Waals surface area contributed by atoms with Crippen molar-refractivity contribution in [2.75, 3.05) is 0 Å². The maximum atomic E-state index is 11.6. The van der Waals surface area contributed by atoms with E-state index < -0.39 is 18.0 Å².